The topological polar surface area (TPSA) is 21.3 Å². The van der Waals surface area contributed by atoms with E-state index in [1.807, 2.05) is 0 Å². The van der Waals surface area contributed by atoms with Crippen LogP contribution in [0.2, 0.25) is 0 Å². The van der Waals surface area contributed by atoms with Gasteiger partial charge < -0.3 is 10.1 Å². The maximum absolute atomic E-state index is 6.15. The Morgan fingerprint density at radius 3 is 2.46 bits per heavy atom. The molecule has 0 bridgehead atoms. The zero-order valence-corrected chi connectivity index (χ0v) is 15.9. The minimum absolute atomic E-state index is 0.295. The second-order valence-corrected chi connectivity index (χ2v) is 6.83. The van der Waals surface area contributed by atoms with Crippen LogP contribution in [0, 0.1) is 0 Å². The molecule has 0 spiro atoms. The fourth-order valence-corrected chi connectivity index (χ4v) is 3.28. The second-order valence-electron chi connectivity index (χ2n) is 6.83. The van der Waals surface area contributed by atoms with Crippen LogP contribution in [0.15, 0.2) is 66.7 Å². The summed E-state index contributed by atoms with van der Waals surface area (Å²) in [6, 6.07) is 23.7. The first kappa shape index (κ1) is 18.5. The molecule has 0 aromatic heterocycles. The Morgan fingerprint density at radius 2 is 1.65 bits per heavy atom. The van der Waals surface area contributed by atoms with Crippen LogP contribution in [-0.2, 0) is 6.54 Å². The van der Waals surface area contributed by atoms with Crippen LogP contribution in [0.4, 0.5) is 0 Å². The normalized spacial score (nSPS) is 12.2. The molecular weight excluding hydrogens is 318 g/mol. The van der Waals surface area contributed by atoms with Gasteiger partial charge in [0.2, 0.25) is 0 Å². The number of nitrogens with one attached hydrogen (secondary N) is 1. The molecule has 0 aliphatic rings. The van der Waals surface area contributed by atoms with Gasteiger partial charge in [-0.15, -0.1) is 0 Å². The lowest BCUT2D eigenvalue weighted by atomic mass is 10.0. The van der Waals surface area contributed by atoms with Crippen LogP contribution in [0.3, 0.4) is 0 Å². The quantitative estimate of drug-likeness (QED) is 0.461. The lowest BCUT2D eigenvalue weighted by Gasteiger charge is -2.18. The maximum atomic E-state index is 6.15. The number of hydrogen-bond donors (Lipinski definition) is 1. The first-order chi connectivity index (χ1) is 12.8. The summed E-state index contributed by atoms with van der Waals surface area (Å²) in [5.74, 6) is 1.01. The van der Waals surface area contributed by atoms with Gasteiger partial charge in [0, 0.05) is 18.2 Å². The van der Waals surface area contributed by atoms with Crippen LogP contribution in [0.25, 0.3) is 10.8 Å². The summed E-state index contributed by atoms with van der Waals surface area (Å²) in [5, 5.41) is 6.20. The van der Waals surface area contributed by atoms with Gasteiger partial charge in [0.05, 0.1) is 6.61 Å². The monoisotopic (exact) mass is 347 g/mol. The Kier molecular flexibility index (Phi) is 6.68. The molecule has 1 atom stereocenters. The number of hydrogen-bond acceptors (Lipinski definition) is 2. The van der Waals surface area contributed by atoms with Gasteiger partial charge in [0.25, 0.3) is 0 Å². The number of benzene rings is 3. The molecule has 1 N–H and O–H groups in total. The van der Waals surface area contributed by atoms with E-state index in [1.165, 1.54) is 34.7 Å². The predicted molar refractivity (Wildman–Crippen MR) is 111 cm³/mol. The molecule has 0 aliphatic heterocycles. The fraction of sp³-hybridized carbons (Fsp3) is 0.333. The minimum atomic E-state index is 0.295. The Labute approximate surface area is 157 Å². The molecule has 0 heterocycles. The Morgan fingerprint density at radius 1 is 0.885 bits per heavy atom. The summed E-state index contributed by atoms with van der Waals surface area (Å²) >= 11 is 0. The van der Waals surface area contributed by atoms with Crippen molar-refractivity contribution in [1.29, 1.82) is 0 Å². The summed E-state index contributed by atoms with van der Waals surface area (Å²) in [5.41, 5.74) is 2.56. The lowest BCUT2D eigenvalue weighted by molar-refractivity contribution is 0.302. The lowest BCUT2D eigenvalue weighted by Crippen LogP contribution is -2.19. The van der Waals surface area contributed by atoms with Crippen molar-refractivity contribution in [3.8, 4) is 5.75 Å². The number of fused-ring (bicyclic) bond motifs is 1. The van der Waals surface area contributed by atoms with Crippen molar-refractivity contribution >= 4 is 10.8 Å². The van der Waals surface area contributed by atoms with Crippen LogP contribution < -0.4 is 10.1 Å². The van der Waals surface area contributed by atoms with E-state index >= 15 is 0 Å². The summed E-state index contributed by atoms with van der Waals surface area (Å²) in [6.07, 6.45) is 3.53. The van der Waals surface area contributed by atoms with Crippen molar-refractivity contribution in [2.45, 2.75) is 45.7 Å². The molecule has 1 unspecified atom stereocenters. The van der Waals surface area contributed by atoms with E-state index in [0.29, 0.717) is 6.04 Å². The highest BCUT2D eigenvalue weighted by Gasteiger charge is 2.11. The SMILES string of the molecule is CCCCCOc1ccc2ccccc2c1CNC(C)c1ccccc1. The highest BCUT2D eigenvalue weighted by Crippen LogP contribution is 2.29. The highest BCUT2D eigenvalue weighted by molar-refractivity contribution is 5.87. The molecule has 26 heavy (non-hydrogen) atoms. The molecule has 0 amide bonds. The van der Waals surface area contributed by atoms with E-state index in [9.17, 15) is 0 Å². The smallest absolute Gasteiger partial charge is 0.124 e. The van der Waals surface area contributed by atoms with Gasteiger partial charge in [-0.05, 0) is 35.7 Å². The predicted octanol–water partition coefficient (Wildman–Crippen LogP) is 6.26. The molecule has 3 aromatic carbocycles. The first-order valence-corrected chi connectivity index (χ1v) is 9.71. The van der Waals surface area contributed by atoms with E-state index in [1.54, 1.807) is 0 Å². The average molecular weight is 348 g/mol. The molecule has 2 heteroatoms. The Hall–Kier alpha value is -2.32. The van der Waals surface area contributed by atoms with Crippen LogP contribution >= 0.6 is 0 Å². The van der Waals surface area contributed by atoms with E-state index in [0.717, 1.165) is 25.3 Å². The van der Waals surface area contributed by atoms with Crippen LogP contribution in [-0.4, -0.2) is 6.61 Å². The van der Waals surface area contributed by atoms with Gasteiger partial charge >= 0.3 is 0 Å². The van der Waals surface area contributed by atoms with Crippen molar-refractivity contribution in [3.63, 3.8) is 0 Å². The largest absolute Gasteiger partial charge is 0.493 e. The molecule has 136 valence electrons. The summed E-state index contributed by atoms with van der Waals surface area (Å²) in [7, 11) is 0. The molecular formula is C24H29NO. The van der Waals surface area contributed by atoms with Crippen LogP contribution in [0.5, 0.6) is 5.75 Å². The van der Waals surface area contributed by atoms with E-state index < -0.39 is 0 Å². The van der Waals surface area contributed by atoms with Crippen molar-refractivity contribution in [1.82, 2.24) is 5.32 Å². The fourth-order valence-electron chi connectivity index (χ4n) is 3.28. The number of rotatable bonds is 9. The third kappa shape index (κ3) is 4.64. The summed E-state index contributed by atoms with van der Waals surface area (Å²) in [4.78, 5) is 0. The summed E-state index contributed by atoms with van der Waals surface area (Å²) < 4.78 is 6.15. The van der Waals surface area contributed by atoms with Gasteiger partial charge in [-0.2, -0.15) is 0 Å². The minimum Gasteiger partial charge on any atom is -0.493 e. The molecule has 0 fully saturated rings. The van der Waals surface area contributed by atoms with E-state index in [4.69, 9.17) is 4.74 Å². The van der Waals surface area contributed by atoms with Gasteiger partial charge in [-0.25, -0.2) is 0 Å². The van der Waals surface area contributed by atoms with E-state index in [-0.39, 0.29) is 0 Å². The van der Waals surface area contributed by atoms with Crippen molar-refractivity contribution in [2.24, 2.45) is 0 Å². The Bertz CT molecular complexity index is 813. The number of ether oxygens (including phenoxy) is 1. The molecule has 0 saturated carbocycles. The van der Waals surface area contributed by atoms with E-state index in [2.05, 4.69) is 85.9 Å². The second kappa shape index (κ2) is 9.40. The third-order valence-corrected chi connectivity index (χ3v) is 4.89. The van der Waals surface area contributed by atoms with Crippen molar-refractivity contribution < 1.29 is 4.74 Å². The molecule has 3 aromatic rings. The average Bonchev–Trinajstić information content (AvgIpc) is 2.70. The summed E-state index contributed by atoms with van der Waals surface area (Å²) in [6.45, 7) is 6.01. The first-order valence-electron chi connectivity index (χ1n) is 9.71. The molecule has 2 nitrogen and oxygen atoms in total. The zero-order chi connectivity index (χ0) is 18.2. The van der Waals surface area contributed by atoms with Crippen LogP contribution in [0.1, 0.15) is 50.3 Å². The van der Waals surface area contributed by atoms with Gasteiger partial charge in [0.1, 0.15) is 5.75 Å². The molecule has 0 radical (unpaired) electrons. The molecule has 3 rings (SSSR count). The molecule has 0 aliphatic carbocycles. The van der Waals surface area contributed by atoms with Gasteiger partial charge in [-0.3, -0.25) is 0 Å². The standard InChI is InChI=1S/C24H29NO/c1-3-4-10-17-26-24-16-15-21-13-8-9-14-22(21)23(24)18-25-19(2)20-11-6-5-7-12-20/h5-9,11-16,19,25H,3-4,10,17-18H2,1-2H3. The maximum Gasteiger partial charge on any atom is 0.124 e. The van der Waals surface area contributed by atoms with Crippen molar-refractivity contribution in [2.75, 3.05) is 6.61 Å². The highest BCUT2D eigenvalue weighted by atomic mass is 16.5. The third-order valence-electron chi connectivity index (χ3n) is 4.89. The molecule has 0 saturated heterocycles. The Balaban J connectivity index is 1.79. The van der Waals surface area contributed by atoms with Gasteiger partial charge in [0.15, 0.2) is 0 Å². The zero-order valence-electron chi connectivity index (χ0n) is 15.9. The van der Waals surface area contributed by atoms with Gasteiger partial charge in [-0.1, -0.05) is 80.4 Å². The number of unbranched alkanes of at least 4 members (excludes halogenated alkanes) is 2. The van der Waals surface area contributed by atoms with Crippen molar-refractivity contribution in [3.05, 3.63) is 77.9 Å².